The van der Waals surface area contributed by atoms with Gasteiger partial charge in [0.05, 0.1) is 11.8 Å². The molecular formula is C12H15N3O. The van der Waals surface area contributed by atoms with Crippen molar-refractivity contribution in [3.63, 3.8) is 0 Å². The summed E-state index contributed by atoms with van der Waals surface area (Å²) in [6.07, 6.45) is -0.437. The van der Waals surface area contributed by atoms with Crippen LogP contribution in [0, 0.1) is 13.8 Å². The fraction of sp³-hybridized carbons (Fsp3) is 0.333. The molecule has 0 amide bonds. The zero-order valence-corrected chi connectivity index (χ0v) is 9.68. The van der Waals surface area contributed by atoms with Crippen molar-refractivity contribution in [3.05, 3.63) is 41.5 Å². The van der Waals surface area contributed by atoms with E-state index in [1.54, 1.807) is 11.6 Å². The Morgan fingerprint density at radius 1 is 1.19 bits per heavy atom. The van der Waals surface area contributed by atoms with Crippen molar-refractivity contribution >= 4 is 0 Å². The molecule has 16 heavy (non-hydrogen) atoms. The van der Waals surface area contributed by atoms with Crippen LogP contribution in [0.5, 0.6) is 0 Å². The van der Waals surface area contributed by atoms with Gasteiger partial charge >= 0.3 is 0 Å². The molecule has 1 N–H and O–H groups in total. The van der Waals surface area contributed by atoms with Crippen LogP contribution in [0.2, 0.25) is 0 Å². The molecule has 0 aliphatic heterocycles. The van der Waals surface area contributed by atoms with Gasteiger partial charge < -0.3 is 5.11 Å². The van der Waals surface area contributed by atoms with E-state index in [1.807, 2.05) is 38.1 Å². The largest absolute Gasteiger partial charge is 0.389 e. The third kappa shape index (κ3) is 1.97. The van der Waals surface area contributed by atoms with Gasteiger partial charge in [0.2, 0.25) is 0 Å². The van der Waals surface area contributed by atoms with Gasteiger partial charge in [-0.2, -0.15) is 5.10 Å². The molecule has 0 fully saturated rings. The van der Waals surface area contributed by atoms with Crippen LogP contribution in [-0.4, -0.2) is 19.9 Å². The first-order chi connectivity index (χ1) is 7.58. The highest BCUT2D eigenvalue weighted by Gasteiger charge is 2.06. The Hall–Kier alpha value is -1.68. The third-order valence-electron chi connectivity index (χ3n) is 2.49. The van der Waals surface area contributed by atoms with Crippen LogP contribution in [0.1, 0.15) is 30.2 Å². The summed E-state index contributed by atoms with van der Waals surface area (Å²) in [6, 6.07) is 7.67. The van der Waals surface area contributed by atoms with Gasteiger partial charge in [0.1, 0.15) is 11.6 Å². The van der Waals surface area contributed by atoms with E-state index in [2.05, 4.69) is 10.1 Å². The number of aryl methyl sites for hydroxylation is 2. The minimum absolute atomic E-state index is 0.437. The molecule has 4 nitrogen and oxygen atoms in total. The van der Waals surface area contributed by atoms with E-state index in [4.69, 9.17) is 0 Å². The van der Waals surface area contributed by atoms with Gasteiger partial charge in [-0.3, -0.25) is 0 Å². The average molecular weight is 217 g/mol. The van der Waals surface area contributed by atoms with E-state index in [-0.39, 0.29) is 0 Å². The smallest absolute Gasteiger partial charge is 0.148 e. The van der Waals surface area contributed by atoms with Crippen LogP contribution in [0.3, 0.4) is 0 Å². The zero-order valence-electron chi connectivity index (χ0n) is 9.68. The van der Waals surface area contributed by atoms with E-state index in [9.17, 15) is 5.11 Å². The Morgan fingerprint density at radius 3 is 2.25 bits per heavy atom. The Labute approximate surface area is 94.6 Å². The third-order valence-corrected chi connectivity index (χ3v) is 2.49. The Bertz CT molecular complexity index is 485. The summed E-state index contributed by atoms with van der Waals surface area (Å²) in [7, 11) is 0. The van der Waals surface area contributed by atoms with Gasteiger partial charge in [0, 0.05) is 0 Å². The maximum Gasteiger partial charge on any atom is 0.148 e. The van der Waals surface area contributed by atoms with Crippen LogP contribution in [0.4, 0.5) is 0 Å². The lowest BCUT2D eigenvalue weighted by molar-refractivity contribution is 0.199. The fourth-order valence-corrected chi connectivity index (χ4v) is 1.66. The topological polar surface area (TPSA) is 50.9 Å². The SMILES string of the molecule is Cc1nc(C)n(-c2ccc([C@H](C)O)cc2)n1. The molecule has 0 aliphatic carbocycles. The van der Waals surface area contributed by atoms with Gasteiger partial charge in [0.15, 0.2) is 0 Å². The minimum atomic E-state index is -0.437. The molecule has 0 saturated carbocycles. The van der Waals surface area contributed by atoms with E-state index in [0.29, 0.717) is 0 Å². The molecular weight excluding hydrogens is 202 g/mol. The monoisotopic (exact) mass is 217 g/mol. The van der Waals surface area contributed by atoms with Gasteiger partial charge in [-0.15, -0.1) is 0 Å². The van der Waals surface area contributed by atoms with Crippen molar-refractivity contribution < 1.29 is 5.11 Å². The van der Waals surface area contributed by atoms with E-state index in [1.165, 1.54) is 0 Å². The molecule has 0 bridgehead atoms. The first kappa shape index (κ1) is 10.8. The normalized spacial score (nSPS) is 12.8. The molecule has 0 saturated heterocycles. The summed E-state index contributed by atoms with van der Waals surface area (Å²) < 4.78 is 1.79. The zero-order chi connectivity index (χ0) is 11.7. The quantitative estimate of drug-likeness (QED) is 0.836. The Morgan fingerprint density at radius 2 is 1.81 bits per heavy atom. The molecule has 0 unspecified atom stereocenters. The number of rotatable bonds is 2. The number of nitrogens with zero attached hydrogens (tertiary/aromatic N) is 3. The molecule has 4 heteroatoms. The Balaban J connectivity index is 2.38. The van der Waals surface area contributed by atoms with Gasteiger partial charge in [-0.05, 0) is 38.5 Å². The predicted octanol–water partition coefficient (Wildman–Crippen LogP) is 1.94. The van der Waals surface area contributed by atoms with Crippen molar-refractivity contribution in [3.8, 4) is 5.69 Å². The van der Waals surface area contributed by atoms with Crippen LogP contribution >= 0.6 is 0 Å². The summed E-state index contributed by atoms with van der Waals surface area (Å²) >= 11 is 0. The lowest BCUT2D eigenvalue weighted by Crippen LogP contribution is -2.00. The first-order valence-corrected chi connectivity index (χ1v) is 5.26. The van der Waals surface area contributed by atoms with Crippen LogP contribution in [0.15, 0.2) is 24.3 Å². The Kier molecular flexibility index (Phi) is 2.75. The predicted molar refractivity (Wildman–Crippen MR) is 61.5 cm³/mol. The van der Waals surface area contributed by atoms with Crippen LogP contribution in [-0.2, 0) is 0 Å². The van der Waals surface area contributed by atoms with E-state index >= 15 is 0 Å². The number of benzene rings is 1. The molecule has 1 aromatic heterocycles. The number of aliphatic hydroxyl groups is 1. The molecule has 0 aliphatic rings. The van der Waals surface area contributed by atoms with Crippen molar-refractivity contribution in [1.82, 2.24) is 14.8 Å². The van der Waals surface area contributed by atoms with Crippen LogP contribution in [0.25, 0.3) is 5.69 Å². The maximum absolute atomic E-state index is 9.41. The minimum Gasteiger partial charge on any atom is -0.389 e. The number of aliphatic hydroxyl groups excluding tert-OH is 1. The second kappa shape index (κ2) is 4.06. The second-order valence-corrected chi connectivity index (χ2v) is 3.89. The van der Waals surface area contributed by atoms with E-state index in [0.717, 1.165) is 22.9 Å². The highest BCUT2D eigenvalue weighted by molar-refractivity contribution is 5.35. The molecule has 2 aromatic rings. The summed E-state index contributed by atoms with van der Waals surface area (Å²) in [5.41, 5.74) is 1.86. The highest BCUT2D eigenvalue weighted by Crippen LogP contribution is 2.15. The lowest BCUT2D eigenvalue weighted by atomic mass is 10.1. The van der Waals surface area contributed by atoms with Crippen molar-refractivity contribution in [2.24, 2.45) is 0 Å². The first-order valence-electron chi connectivity index (χ1n) is 5.26. The van der Waals surface area contributed by atoms with Crippen LogP contribution < -0.4 is 0 Å². The maximum atomic E-state index is 9.41. The van der Waals surface area contributed by atoms with Gasteiger partial charge in [-0.25, -0.2) is 9.67 Å². The number of hydrogen-bond donors (Lipinski definition) is 1. The molecule has 84 valence electrons. The average Bonchev–Trinajstić information content (AvgIpc) is 2.58. The molecule has 0 radical (unpaired) electrons. The number of aromatic nitrogens is 3. The molecule has 2 rings (SSSR count). The summed E-state index contributed by atoms with van der Waals surface area (Å²) in [5, 5.41) is 13.7. The van der Waals surface area contributed by atoms with Crippen molar-refractivity contribution in [2.45, 2.75) is 26.9 Å². The molecule has 1 heterocycles. The van der Waals surface area contributed by atoms with Gasteiger partial charge in [0.25, 0.3) is 0 Å². The summed E-state index contributed by atoms with van der Waals surface area (Å²) in [5.74, 6) is 1.62. The van der Waals surface area contributed by atoms with Crippen molar-refractivity contribution in [2.75, 3.05) is 0 Å². The molecule has 0 spiro atoms. The summed E-state index contributed by atoms with van der Waals surface area (Å²) in [4.78, 5) is 4.25. The standard InChI is InChI=1S/C12H15N3O/c1-8(16)11-4-6-12(7-5-11)15-10(3)13-9(2)14-15/h4-8,16H,1-3H3/t8-/m0/s1. The highest BCUT2D eigenvalue weighted by atomic mass is 16.3. The number of hydrogen-bond acceptors (Lipinski definition) is 3. The summed E-state index contributed by atoms with van der Waals surface area (Å²) in [6.45, 7) is 5.54. The van der Waals surface area contributed by atoms with Gasteiger partial charge in [-0.1, -0.05) is 12.1 Å². The molecule has 1 aromatic carbocycles. The van der Waals surface area contributed by atoms with Crippen molar-refractivity contribution in [1.29, 1.82) is 0 Å². The fourth-order valence-electron chi connectivity index (χ4n) is 1.66. The second-order valence-electron chi connectivity index (χ2n) is 3.89. The lowest BCUT2D eigenvalue weighted by Gasteiger charge is -2.06. The van der Waals surface area contributed by atoms with E-state index < -0.39 is 6.10 Å². The molecule has 1 atom stereocenters.